The van der Waals surface area contributed by atoms with Gasteiger partial charge in [0.05, 0.1) is 11.3 Å². The van der Waals surface area contributed by atoms with Crippen molar-refractivity contribution in [3.8, 4) is 11.4 Å². The van der Waals surface area contributed by atoms with Gasteiger partial charge in [-0.3, -0.25) is 15.2 Å². The fraction of sp³-hybridized carbons (Fsp3) is 0.286. The van der Waals surface area contributed by atoms with Gasteiger partial charge in [0, 0.05) is 6.04 Å². The first-order valence-corrected chi connectivity index (χ1v) is 7.84. The molecule has 1 aromatic carbocycles. The number of nitrogens with zero attached hydrogens (tertiary/aromatic N) is 2. The van der Waals surface area contributed by atoms with Crippen molar-refractivity contribution in [3.63, 3.8) is 0 Å². The first-order chi connectivity index (χ1) is 11.0. The molecule has 0 aliphatic rings. The molecular formula is C14H16FN5O2S. The number of thioether (sulfide) groups is 1. The minimum atomic E-state index is -0.548. The molecule has 122 valence electrons. The van der Waals surface area contributed by atoms with E-state index in [1.807, 2.05) is 0 Å². The minimum Gasteiger partial charge on any atom is -0.336 e. The van der Waals surface area contributed by atoms with Gasteiger partial charge in [-0.15, -0.1) is 5.10 Å². The molecule has 0 atom stereocenters. The van der Waals surface area contributed by atoms with Crippen molar-refractivity contribution in [2.45, 2.75) is 25.0 Å². The van der Waals surface area contributed by atoms with Gasteiger partial charge in [-0.1, -0.05) is 23.9 Å². The molecule has 0 radical (unpaired) electrons. The van der Waals surface area contributed by atoms with Gasteiger partial charge in [0.25, 0.3) is 0 Å². The molecule has 0 saturated carbocycles. The van der Waals surface area contributed by atoms with Crippen molar-refractivity contribution in [1.82, 2.24) is 25.8 Å². The van der Waals surface area contributed by atoms with Crippen LogP contribution in [0.2, 0.25) is 0 Å². The zero-order valence-corrected chi connectivity index (χ0v) is 13.4. The highest BCUT2D eigenvalue weighted by molar-refractivity contribution is 7.99. The summed E-state index contributed by atoms with van der Waals surface area (Å²) in [5.74, 6) is -0.627. The first-order valence-electron chi connectivity index (χ1n) is 6.86. The van der Waals surface area contributed by atoms with Crippen LogP contribution in [-0.4, -0.2) is 38.9 Å². The van der Waals surface area contributed by atoms with Crippen LogP contribution in [0.15, 0.2) is 29.4 Å². The highest BCUT2D eigenvalue weighted by Gasteiger charge is 2.13. The van der Waals surface area contributed by atoms with Crippen LogP contribution < -0.4 is 10.6 Å². The summed E-state index contributed by atoms with van der Waals surface area (Å²) in [6.45, 7) is 3.58. The van der Waals surface area contributed by atoms with Gasteiger partial charge in [0.2, 0.25) is 11.1 Å². The fourth-order valence-corrected chi connectivity index (χ4v) is 2.27. The molecule has 2 rings (SSSR count). The number of imide groups is 1. The molecule has 0 bridgehead atoms. The summed E-state index contributed by atoms with van der Waals surface area (Å²) in [5.41, 5.74) is 0.299. The summed E-state index contributed by atoms with van der Waals surface area (Å²) in [7, 11) is 0. The third-order valence-electron chi connectivity index (χ3n) is 2.60. The van der Waals surface area contributed by atoms with Gasteiger partial charge in [0.1, 0.15) is 5.82 Å². The van der Waals surface area contributed by atoms with E-state index in [4.69, 9.17) is 0 Å². The van der Waals surface area contributed by atoms with Crippen molar-refractivity contribution in [2.75, 3.05) is 5.75 Å². The van der Waals surface area contributed by atoms with Crippen LogP contribution in [0.1, 0.15) is 13.8 Å². The number of amides is 3. The topological polar surface area (TPSA) is 99.8 Å². The van der Waals surface area contributed by atoms with Crippen LogP contribution >= 0.6 is 11.8 Å². The van der Waals surface area contributed by atoms with E-state index in [1.165, 1.54) is 6.07 Å². The minimum absolute atomic E-state index is 0.0277. The van der Waals surface area contributed by atoms with E-state index in [1.54, 1.807) is 32.0 Å². The summed E-state index contributed by atoms with van der Waals surface area (Å²) in [6, 6.07) is 5.56. The van der Waals surface area contributed by atoms with Crippen molar-refractivity contribution < 1.29 is 14.0 Å². The molecule has 23 heavy (non-hydrogen) atoms. The molecular weight excluding hydrogens is 321 g/mol. The highest BCUT2D eigenvalue weighted by Crippen LogP contribution is 2.21. The van der Waals surface area contributed by atoms with E-state index in [-0.39, 0.29) is 17.6 Å². The number of urea groups is 1. The number of H-pyrrole nitrogens is 1. The maximum Gasteiger partial charge on any atom is 0.321 e. The molecule has 1 aromatic heterocycles. The van der Waals surface area contributed by atoms with Gasteiger partial charge in [0.15, 0.2) is 5.82 Å². The number of hydrogen-bond acceptors (Lipinski definition) is 5. The number of aromatic amines is 1. The van der Waals surface area contributed by atoms with Gasteiger partial charge in [-0.05, 0) is 26.0 Å². The maximum absolute atomic E-state index is 13.6. The lowest BCUT2D eigenvalue weighted by atomic mass is 10.2. The number of halogens is 1. The summed E-state index contributed by atoms with van der Waals surface area (Å²) in [4.78, 5) is 27.1. The Bertz CT molecular complexity index is 704. The largest absolute Gasteiger partial charge is 0.336 e. The van der Waals surface area contributed by atoms with Crippen LogP contribution in [0.5, 0.6) is 0 Å². The van der Waals surface area contributed by atoms with Crippen molar-refractivity contribution in [1.29, 1.82) is 0 Å². The average molecular weight is 337 g/mol. The highest BCUT2D eigenvalue weighted by atomic mass is 32.2. The van der Waals surface area contributed by atoms with E-state index >= 15 is 0 Å². The average Bonchev–Trinajstić information content (AvgIpc) is 2.93. The predicted molar refractivity (Wildman–Crippen MR) is 84.3 cm³/mol. The predicted octanol–water partition coefficient (Wildman–Crippen LogP) is 1.94. The van der Waals surface area contributed by atoms with Crippen LogP contribution in [-0.2, 0) is 4.79 Å². The van der Waals surface area contributed by atoms with Crippen molar-refractivity contribution in [2.24, 2.45) is 0 Å². The number of rotatable bonds is 5. The monoisotopic (exact) mass is 337 g/mol. The molecule has 0 saturated heterocycles. The van der Waals surface area contributed by atoms with Crippen molar-refractivity contribution in [3.05, 3.63) is 30.1 Å². The van der Waals surface area contributed by atoms with Crippen LogP contribution in [0.25, 0.3) is 11.4 Å². The van der Waals surface area contributed by atoms with Gasteiger partial charge >= 0.3 is 6.03 Å². The molecule has 0 aliphatic carbocycles. The Morgan fingerprint density at radius 2 is 2.09 bits per heavy atom. The zero-order chi connectivity index (χ0) is 16.8. The van der Waals surface area contributed by atoms with Crippen LogP contribution in [0, 0.1) is 5.82 Å². The van der Waals surface area contributed by atoms with Gasteiger partial charge in [-0.25, -0.2) is 14.2 Å². The molecule has 1 heterocycles. The number of carbonyl (C=O) groups excluding carboxylic acids is 2. The SMILES string of the molecule is CC(C)NC(=O)NC(=O)CSc1n[nH]c(-c2ccccc2F)n1. The summed E-state index contributed by atoms with van der Waals surface area (Å²) >= 11 is 1.04. The Morgan fingerprint density at radius 1 is 1.35 bits per heavy atom. The van der Waals surface area contributed by atoms with Crippen molar-refractivity contribution >= 4 is 23.7 Å². The molecule has 7 nitrogen and oxygen atoms in total. The molecule has 0 aliphatic heterocycles. The van der Waals surface area contributed by atoms with Gasteiger partial charge in [-0.2, -0.15) is 0 Å². The van der Waals surface area contributed by atoms with E-state index in [0.717, 1.165) is 11.8 Å². The molecule has 2 aromatic rings. The van der Waals surface area contributed by atoms with E-state index < -0.39 is 17.8 Å². The van der Waals surface area contributed by atoms with E-state index in [0.29, 0.717) is 10.7 Å². The second kappa shape index (κ2) is 7.73. The lowest BCUT2D eigenvalue weighted by Gasteiger charge is -2.08. The first kappa shape index (κ1) is 16.9. The quantitative estimate of drug-likeness (QED) is 0.724. The van der Waals surface area contributed by atoms with Crippen LogP contribution in [0.4, 0.5) is 9.18 Å². The molecule has 0 fully saturated rings. The number of benzene rings is 1. The summed E-state index contributed by atoms with van der Waals surface area (Å²) in [6.07, 6.45) is 0. The molecule has 3 N–H and O–H groups in total. The smallest absolute Gasteiger partial charge is 0.321 e. The third-order valence-corrected chi connectivity index (χ3v) is 3.45. The second-order valence-electron chi connectivity index (χ2n) is 4.91. The lowest BCUT2D eigenvalue weighted by molar-refractivity contribution is -0.117. The van der Waals surface area contributed by atoms with E-state index in [2.05, 4.69) is 25.8 Å². The Kier molecular flexibility index (Phi) is 5.69. The molecule has 3 amide bonds. The lowest BCUT2D eigenvalue weighted by Crippen LogP contribution is -2.43. The standard InChI is InChI=1S/C14H16FN5O2S/c1-8(2)16-13(22)17-11(21)7-23-14-18-12(19-20-14)9-5-3-4-6-10(9)15/h3-6,8H,7H2,1-2H3,(H,18,19,20)(H2,16,17,21,22). The second-order valence-corrected chi connectivity index (χ2v) is 5.85. The Hall–Kier alpha value is -2.42. The normalized spacial score (nSPS) is 10.6. The molecule has 0 spiro atoms. The summed E-state index contributed by atoms with van der Waals surface area (Å²) in [5, 5.41) is 11.6. The Balaban J connectivity index is 1.89. The number of aromatic nitrogens is 3. The zero-order valence-electron chi connectivity index (χ0n) is 12.6. The molecule has 0 unspecified atom stereocenters. The van der Waals surface area contributed by atoms with E-state index in [9.17, 15) is 14.0 Å². The van der Waals surface area contributed by atoms with Crippen LogP contribution in [0.3, 0.4) is 0 Å². The third kappa shape index (κ3) is 5.06. The maximum atomic E-state index is 13.6. The number of nitrogens with one attached hydrogen (secondary N) is 3. The Labute approximate surface area is 136 Å². The molecule has 9 heteroatoms. The summed E-state index contributed by atoms with van der Waals surface area (Å²) < 4.78 is 13.6. The fourth-order valence-electron chi connectivity index (χ4n) is 1.68. The number of carbonyl (C=O) groups is 2. The van der Waals surface area contributed by atoms with Gasteiger partial charge < -0.3 is 5.32 Å². The Morgan fingerprint density at radius 3 is 2.78 bits per heavy atom. The number of hydrogen-bond donors (Lipinski definition) is 3.